The highest BCUT2D eigenvalue weighted by Gasteiger charge is 2.20. The van der Waals surface area contributed by atoms with Crippen molar-refractivity contribution in [3.05, 3.63) is 17.6 Å². The molecule has 0 aliphatic carbocycles. The Labute approximate surface area is 115 Å². The fourth-order valence-corrected chi connectivity index (χ4v) is 2.48. The number of rotatable bonds is 4. The Morgan fingerprint density at radius 3 is 2.58 bits per heavy atom. The zero-order chi connectivity index (χ0) is 13.8. The van der Waals surface area contributed by atoms with Gasteiger partial charge in [-0.25, -0.2) is 4.98 Å². The highest BCUT2D eigenvalue weighted by atomic mass is 15.3. The van der Waals surface area contributed by atoms with E-state index in [0.717, 1.165) is 56.5 Å². The Balaban J connectivity index is 1.94. The monoisotopic (exact) mass is 263 g/mol. The van der Waals surface area contributed by atoms with Gasteiger partial charge in [0.1, 0.15) is 5.82 Å². The normalized spacial score (nSPS) is 18.6. The summed E-state index contributed by atoms with van der Waals surface area (Å²) in [6.45, 7) is 12.3. The molecule has 0 bridgehead atoms. The Morgan fingerprint density at radius 2 is 1.95 bits per heavy atom. The minimum absolute atomic E-state index is 0.576. The lowest BCUT2D eigenvalue weighted by Crippen LogP contribution is -2.48. The summed E-state index contributed by atoms with van der Waals surface area (Å²) in [6.07, 6.45) is 1.83. The van der Waals surface area contributed by atoms with Gasteiger partial charge in [0, 0.05) is 38.9 Å². The van der Waals surface area contributed by atoms with Crippen molar-refractivity contribution in [2.75, 3.05) is 44.2 Å². The van der Waals surface area contributed by atoms with Crippen LogP contribution in [0.4, 0.5) is 5.82 Å². The zero-order valence-corrected chi connectivity index (χ0v) is 12.3. The number of aryl methyl sites for hydroxylation is 2. The molecule has 2 rings (SSSR count). The first-order valence-corrected chi connectivity index (χ1v) is 7.07. The third kappa shape index (κ3) is 3.64. The van der Waals surface area contributed by atoms with E-state index in [1.165, 1.54) is 0 Å². The lowest BCUT2D eigenvalue weighted by molar-refractivity contribution is 0.226. The van der Waals surface area contributed by atoms with Crippen LogP contribution in [0.1, 0.15) is 18.3 Å². The highest BCUT2D eigenvalue weighted by molar-refractivity contribution is 5.43. The van der Waals surface area contributed by atoms with E-state index < -0.39 is 0 Å². The molecule has 5 heteroatoms. The molecule has 1 aliphatic rings. The number of hydrogen-bond acceptors (Lipinski definition) is 5. The van der Waals surface area contributed by atoms with E-state index in [1.54, 1.807) is 0 Å². The Bertz CT molecular complexity index is 412. The maximum Gasteiger partial charge on any atom is 0.150 e. The summed E-state index contributed by atoms with van der Waals surface area (Å²) in [5.41, 5.74) is 7.70. The van der Waals surface area contributed by atoms with Gasteiger partial charge in [-0.1, -0.05) is 6.92 Å². The molecule has 5 nitrogen and oxygen atoms in total. The van der Waals surface area contributed by atoms with Gasteiger partial charge < -0.3 is 10.6 Å². The van der Waals surface area contributed by atoms with E-state index >= 15 is 0 Å². The summed E-state index contributed by atoms with van der Waals surface area (Å²) in [4.78, 5) is 13.9. The molecule has 0 aromatic carbocycles. The second-order valence-electron chi connectivity index (χ2n) is 5.55. The lowest BCUT2D eigenvalue weighted by atomic mass is 10.1. The Kier molecular flexibility index (Phi) is 4.71. The van der Waals surface area contributed by atoms with Crippen LogP contribution in [-0.2, 0) is 0 Å². The molecule has 2 N–H and O–H groups in total. The SMILES string of the molecule is Cc1cnc(C)c(N2CCN(CC(C)CN)CC2)n1. The molecule has 19 heavy (non-hydrogen) atoms. The second kappa shape index (κ2) is 6.30. The first kappa shape index (κ1) is 14.2. The molecule has 1 aromatic heterocycles. The largest absolute Gasteiger partial charge is 0.353 e. The number of hydrogen-bond donors (Lipinski definition) is 1. The van der Waals surface area contributed by atoms with Crippen LogP contribution >= 0.6 is 0 Å². The van der Waals surface area contributed by atoms with Crippen LogP contribution in [0.5, 0.6) is 0 Å². The van der Waals surface area contributed by atoms with Gasteiger partial charge in [0.05, 0.1) is 11.4 Å². The van der Waals surface area contributed by atoms with Crippen LogP contribution in [0.25, 0.3) is 0 Å². The third-order valence-corrected chi connectivity index (χ3v) is 3.69. The minimum Gasteiger partial charge on any atom is -0.353 e. The summed E-state index contributed by atoms with van der Waals surface area (Å²) >= 11 is 0. The van der Waals surface area contributed by atoms with Crippen molar-refractivity contribution in [3.63, 3.8) is 0 Å². The van der Waals surface area contributed by atoms with Crippen molar-refractivity contribution in [1.29, 1.82) is 0 Å². The predicted molar refractivity (Wildman–Crippen MR) is 78.4 cm³/mol. The average Bonchev–Trinajstić information content (AvgIpc) is 2.42. The van der Waals surface area contributed by atoms with Crippen LogP contribution in [0, 0.1) is 19.8 Å². The van der Waals surface area contributed by atoms with Crippen molar-refractivity contribution in [1.82, 2.24) is 14.9 Å². The number of nitrogens with two attached hydrogens (primary N) is 1. The average molecular weight is 263 g/mol. The number of aromatic nitrogens is 2. The molecule has 0 spiro atoms. The second-order valence-corrected chi connectivity index (χ2v) is 5.55. The highest BCUT2D eigenvalue weighted by Crippen LogP contribution is 2.17. The standard InChI is InChI=1S/C14H25N5/c1-11(8-15)10-18-4-6-19(7-5-18)14-13(3)16-9-12(2)17-14/h9,11H,4-8,10,15H2,1-3H3. The van der Waals surface area contributed by atoms with Crippen molar-refractivity contribution in [3.8, 4) is 0 Å². The number of anilines is 1. The summed E-state index contributed by atoms with van der Waals surface area (Å²) in [7, 11) is 0. The van der Waals surface area contributed by atoms with E-state index in [2.05, 4.69) is 26.7 Å². The summed E-state index contributed by atoms with van der Waals surface area (Å²) in [6, 6.07) is 0. The van der Waals surface area contributed by atoms with Gasteiger partial charge in [-0.2, -0.15) is 0 Å². The molecule has 0 radical (unpaired) electrons. The van der Waals surface area contributed by atoms with Crippen LogP contribution in [0.3, 0.4) is 0 Å². The molecule has 0 saturated carbocycles. The maximum absolute atomic E-state index is 5.69. The molecule has 1 aromatic rings. The molecular formula is C14H25N5. The zero-order valence-electron chi connectivity index (χ0n) is 12.3. The summed E-state index contributed by atoms with van der Waals surface area (Å²) in [5, 5.41) is 0. The van der Waals surface area contributed by atoms with Crippen molar-refractivity contribution >= 4 is 5.82 Å². The molecule has 2 heterocycles. The van der Waals surface area contributed by atoms with Gasteiger partial charge >= 0.3 is 0 Å². The van der Waals surface area contributed by atoms with Gasteiger partial charge in [-0.3, -0.25) is 9.88 Å². The minimum atomic E-state index is 0.576. The quantitative estimate of drug-likeness (QED) is 0.871. The third-order valence-electron chi connectivity index (χ3n) is 3.69. The Hall–Kier alpha value is -1.20. The number of piperazine rings is 1. The van der Waals surface area contributed by atoms with Crippen LogP contribution in [-0.4, -0.2) is 54.1 Å². The summed E-state index contributed by atoms with van der Waals surface area (Å²) < 4.78 is 0. The molecule has 1 saturated heterocycles. The van der Waals surface area contributed by atoms with Gasteiger partial charge in [0.15, 0.2) is 0 Å². The predicted octanol–water partition coefficient (Wildman–Crippen LogP) is 0.810. The molecule has 106 valence electrons. The van der Waals surface area contributed by atoms with Crippen LogP contribution < -0.4 is 10.6 Å². The van der Waals surface area contributed by atoms with Crippen LogP contribution in [0.2, 0.25) is 0 Å². The van der Waals surface area contributed by atoms with E-state index in [1.807, 2.05) is 20.0 Å². The van der Waals surface area contributed by atoms with Crippen molar-refractivity contribution in [2.24, 2.45) is 11.7 Å². The van der Waals surface area contributed by atoms with E-state index in [4.69, 9.17) is 5.73 Å². The molecule has 1 fully saturated rings. The molecule has 1 unspecified atom stereocenters. The topological polar surface area (TPSA) is 58.3 Å². The summed E-state index contributed by atoms with van der Waals surface area (Å²) in [5.74, 6) is 1.62. The molecule has 1 aliphatic heterocycles. The fourth-order valence-electron chi connectivity index (χ4n) is 2.48. The fraction of sp³-hybridized carbons (Fsp3) is 0.714. The van der Waals surface area contributed by atoms with Gasteiger partial charge in [0.25, 0.3) is 0 Å². The van der Waals surface area contributed by atoms with Gasteiger partial charge in [-0.15, -0.1) is 0 Å². The van der Waals surface area contributed by atoms with E-state index in [-0.39, 0.29) is 0 Å². The van der Waals surface area contributed by atoms with Crippen molar-refractivity contribution in [2.45, 2.75) is 20.8 Å². The van der Waals surface area contributed by atoms with E-state index in [0.29, 0.717) is 5.92 Å². The molecule has 0 amide bonds. The van der Waals surface area contributed by atoms with Crippen LogP contribution in [0.15, 0.2) is 6.20 Å². The first-order valence-electron chi connectivity index (χ1n) is 7.07. The van der Waals surface area contributed by atoms with Gasteiger partial charge in [0.2, 0.25) is 0 Å². The number of nitrogens with zero attached hydrogens (tertiary/aromatic N) is 4. The van der Waals surface area contributed by atoms with Crippen molar-refractivity contribution < 1.29 is 0 Å². The lowest BCUT2D eigenvalue weighted by Gasteiger charge is -2.36. The van der Waals surface area contributed by atoms with Gasteiger partial charge in [-0.05, 0) is 26.3 Å². The molecule has 1 atom stereocenters. The molecular weight excluding hydrogens is 238 g/mol. The maximum atomic E-state index is 5.69. The smallest absolute Gasteiger partial charge is 0.150 e. The van der Waals surface area contributed by atoms with E-state index in [9.17, 15) is 0 Å². The first-order chi connectivity index (χ1) is 9.10. The Morgan fingerprint density at radius 1 is 1.26 bits per heavy atom.